The second-order valence-corrected chi connectivity index (χ2v) is 16.6. The summed E-state index contributed by atoms with van der Waals surface area (Å²) in [5.41, 5.74) is 14.9. The van der Waals surface area contributed by atoms with Crippen molar-refractivity contribution in [1.29, 1.82) is 0 Å². The molecule has 0 bridgehead atoms. The highest BCUT2D eigenvalue weighted by molar-refractivity contribution is 6.26. The minimum Gasteiger partial charge on any atom is -0.294 e. The fourth-order valence-electron chi connectivity index (χ4n) is 11.5. The van der Waals surface area contributed by atoms with Crippen LogP contribution in [0.2, 0.25) is 0 Å². The molecule has 10 aromatic rings. The third-order valence-electron chi connectivity index (χ3n) is 13.9. The number of hydrogen-bond acceptors (Lipinski definition) is 1. The van der Waals surface area contributed by atoms with Crippen LogP contribution in [-0.2, 0) is 5.41 Å². The Labute approximate surface area is 342 Å². The van der Waals surface area contributed by atoms with Crippen LogP contribution in [-0.4, -0.2) is 9.55 Å². The Bertz CT molecular complexity index is 3520. The molecule has 3 unspecified atom stereocenters. The van der Waals surface area contributed by atoms with E-state index in [4.69, 9.17) is 4.98 Å². The molecule has 0 fully saturated rings. The lowest BCUT2D eigenvalue weighted by molar-refractivity contribution is 0.522. The number of para-hydroxylation sites is 1. The highest BCUT2D eigenvalue weighted by Gasteiger charge is 2.52. The van der Waals surface area contributed by atoms with Crippen molar-refractivity contribution in [2.45, 2.75) is 18.3 Å². The molecule has 0 N–H and O–H groups in total. The lowest BCUT2D eigenvalue weighted by atomic mass is 9.59. The summed E-state index contributed by atoms with van der Waals surface area (Å²) in [5.74, 6) is 0.328. The van der Waals surface area contributed by atoms with Crippen molar-refractivity contribution in [1.82, 2.24) is 9.55 Å². The van der Waals surface area contributed by atoms with Crippen LogP contribution < -0.4 is 0 Å². The zero-order valence-corrected chi connectivity index (χ0v) is 32.6. The zero-order chi connectivity index (χ0) is 38.8. The summed E-state index contributed by atoms with van der Waals surface area (Å²) in [6.45, 7) is 2.48. The molecule has 2 nitrogen and oxygen atoms in total. The zero-order valence-electron chi connectivity index (χ0n) is 32.6. The molecule has 13 rings (SSSR count). The van der Waals surface area contributed by atoms with E-state index >= 15 is 0 Å². The quantitative estimate of drug-likeness (QED) is 0.161. The minimum absolute atomic E-state index is 0.155. The molecule has 8 aromatic carbocycles. The Morgan fingerprint density at radius 3 is 1.95 bits per heavy atom. The van der Waals surface area contributed by atoms with Crippen molar-refractivity contribution in [2.75, 3.05) is 0 Å². The van der Waals surface area contributed by atoms with E-state index < -0.39 is 5.41 Å². The van der Waals surface area contributed by atoms with Gasteiger partial charge in [-0.2, -0.15) is 0 Å². The smallest absolute Gasteiger partial charge is 0.145 e. The summed E-state index contributed by atoms with van der Waals surface area (Å²) >= 11 is 0. The molecule has 3 atom stereocenters. The van der Waals surface area contributed by atoms with Gasteiger partial charge in [-0.3, -0.25) is 4.57 Å². The van der Waals surface area contributed by atoms with Gasteiger partial charge in [0, 0.05) is 28.6 Å². The van der Waals surface area contributed by atoms with E-state index in [1.165, 1.54) is 98.7 Å². The second-order valence-electron chi connectivity index (χ2n) is 16.6. The topological polar surface area (TPSA) is 17.8 Å². The Balaban J connectivity index is 1.08. The number of pyridine rings is 1. The third-order valence-corrected chi connectivity index (χ3v) is 13.9. The van der Waals surface area contributed by atoms with Gasteiger partial charge in [0.15, 0.2) is 0 Å². The van der Waals surface area contributed by atoms with Gasteiger partial charge in [0.25, 0.3) is 0 Å². The number of nitrogens with zero attached hydrogens (tertiary/aromatic N) is 2. The lowest BCUT2D eigenvalue weighted by Gasteiger charge is -2.43. The van der Waals surface area contributed by atoms with Gasteiger partial charge in [-0.15, -0.1) is 0 Å². The molecule has 276 valence electrons. The molecule has 0 saturated carbocycles. The van der Waals surface area contributed by atoms with Crippen LogP contribution in [0, 0.1) is 5.92 Å². The van der Waals surface area contributed by atoms with Gasteiger partial charge in [0.2, 0.25) is 0 Å². The Kier molecular flexibility index (Phi) is 6.73. The number of hydrogen-bond donors (Lipinski definition) is 0. The van der Waals surface area contributed by atoms with Gasteiger partial charge in [-0.1, -0.05) is 153 Å². The number of benzene rings is 8. The number of aromatic nitrogens is 2. The Morgan fingerprint density at radius 2 is 1.15 bits per heavy atom. The predicted molar refractivity (Wildman–Crippen MR) is 246 cm³/mol. The number of rotatable bonds is 2. The lowest BCUT2D eigenvalue weighted by Crippen LogP contribution is -2.36. The van der Waals surface area contributed by atoms with Gasteiger partial charge in [0.05, 0.1) is 10.9 Å². The summed E-state index contributed by atoms with van der Waals surface area (Å²) in [5, 5.41) is 10.2. The molecule has 0 radical (unpaired) electrons. The first-order valence-electron chi connectivity index (χ1n) is 20.8. The van der Waals surface area contributed by atoms with Crippen LogP contribution in [0.1, 0.15) is 40.7 Å². The summed E-state index contributed by atoms with van der Waals surface area (Å²) in [4.78, 5) is 4.92. The van der Waals surface area contributed by atoms with Crippen LogP contribution in [0.3, 0.4) is 0 Å². The van der Waals surface area contributed by atoms with Crippen LogP contribution >= 0.6 is 0 Å². The molecule has 59 heavy (non-hydrogen) atoms. The van der Waals surface area contributed by atoms with E-state index in [0.717, 1.165) is 11.3 Å². The molecule has 3 aliphatic carbocycles. The molecule has 0 saturated heterocycles. The fraction of sp³-hybridized carbons (Fsp3) is 0.0702. The molecular weight excluding hydrogens is 713 g/mol. The highest BCUT2D eigenvalue weighted by Crippen LogP contribution is 2.63. The molecular formula is C57H38N2. The summed E-state index contributed by atoms with van der Waals surface area (Å²) < 4.78 is 2.31. The van der Waals surface area contributed by atoms with Crippen LogP contribution in [0.4, 0.5) is 0 Å². The molecule has 2 heterocycles. The van der Waals surface area contributed by atoms with E-state index in [9.17, 15) is 0 Å². The van der Waals surface area contributed by atoms with Gasteiger partial charge < -0.3 is 0 Å². The van der Waals surface area contributed by atoms with E-state index in [2.05, 4.69) is 206 Å². The van der Waals surface area contributed by atoms with Gasteiger partial charge in [-0.25, -0.2) is 4.98 Å². The predicted octanol–water partition coefficient (Wildman–Crippen LogP) is 14.3. The highest BCUT2D eigenvalue weighted by atomic mass is 15.0. The molecule has 0 aliphatic heterocycles. The van der Waals surface area contributed by atoms with Crippen molar-refractivity contribution < 1.29 is 0 Å². The molecule has 2 heteroatoms. The minimum atomic E-state index is -0.512. The van der Waals surface area contributed by atoms with Crippen molar-refractivity contribution in [2.24, 2.45) is 5.92 Å². The van der Waals surface area contributed by atoms with Crippen molar-refractivity contribution in [3.63, 3.8) is 0 Å². The van der Waals surface area contributed by atoms with Gasteiger partial charge >= 0.3 is 0 Å². The molecule has 2 aromatic heterocycles. The van der Waals surface area contributed by atoms with Crippen LogP contribution in [0.25, 0.3) is 77.1 Å². The summed E-state index contributed by atoms with van der Waals surface area (Å²) in [6.07, 6.45) is 11.5. The molecule has 0 amide bonds. The average Bonchev–Trinajstić information content (AvgIpc) is 3.72. The first-order valence-corrected chi connectivity index (χ1v) is 20.8. The number of allylic oxidation sites excluding steroid dienone is 5. The van der Waals surface area contributed by atoms with E-state index in [1.807, 2.05) is 6.20 Å². The molecule has 3 aliphatic rings. The van der Waals surface area contributed by atoms with E-state index in [0.29, 0.717) is 0 Å². The first-order chi connectivity index (χ1) is 29.2. The maximum atomic E-state index is 4.92. The van der Waals surface area contributed by atoms with Gasteiger partial charge in [-0.05, 0) is 137 Å². The number of fused-ring (bicyclic) bond motifs is 17. The maximum absolute atomic E-state index is 4.92. The van der Waals surface area contributed by atoms with Crippen molar-refractivity contribution in [3.8, 4) is 16.8 Å². The van der Waals surface area contributed by atoms with Crippen molar-refractivity contribution >= 4 is 60.3 Å². The third kappa shape index (κ3) is 4.33. The monoisotopic (exact) mass is 750 g/mol. The standard InChI is InChI=1S/C57H38N2/c1-35-40(38-28-30-54-50(32-38)46-22-13-31-58-56(46)59(54)39-15-3-2-4-16-39)29-27-37-26-25-36-14-5-11-23-51(36)57(55(35)37)52-24-12-10-21-45(52)49-33-47-43-19-8-6-17-41(43)42-18-7-9-20-44(42)48(47)34-53(49)57/h2-35,40H,1H3. The summed E-state index contributed by atoms with van der Waals surface area (Å²) in [6, 6.07) is 63.5. The van der Waals surface area contributed by atoms with Crippen LogP contribution in [0.5, 0.6) is 0 Å². The van der Waals surface area contributed by atoms with E-state index in [-0.39, 0.29) is 11.8 Å². The summed E-state index contributed by atoms with van der Waals surface area (Å²) in [7, 11) is 0. The largest absolute Gasteiger partial charge is 0.294 e. The van der Waals surface area contributed by atoms with Gasteiger partial charge in [0.1, 0.15) is 5.65 Å². The van der Waals surface area contributed by atoms with Crippen LogP contribution in [0.15, 0.2) is 205 Å². The Hall–Kier alpha value is -7.29. The fourth-order valence-corrected chi connectivity index (χ4v) is 11.5. The Morgan fingerprint density at radius 1 is 0.492 bits per heavy atom. The normalized spacial score (nSPS) is 19.1. The molecule has 1 spiro atoms. The SMILES string of the molecule is CC1C2=C(C=Cc3ccccc3C23c2ccccc2-c2cc4c5ccccc5c5ccccc5c4cc23)C=CC1c1ccc2c(c1)c1cccnc1n2-c1ccccc1. The second kappa shape index (κ2) is 12.1. The maximum Gasteiger partial charge on any atom is 0.145 e. The first kappa shape index (κ1) is 32.8. The van der Waals surface area contributed by atoms with Crippen molar-refractivity contribution in [3.05, 3.63) is 233 Å². The van der Waals surface area contributed by atoms with E-state index in [1.54, 1.807) is 0 Å². The average molecular weight is 751 g/mol.